The van der Waals surface area contributed by atoms with Crippen molar-refractivity contribution in [2.24, 2.45) is 0 Å². The van der Waals surface area contributed by atoms with Crippen molar-refractivity contribution >= 4 is 49.2 Å². The van der Waals surface area contributed by atoms with Crippen LogP contribution in [-0.4, -0.2) is 39.0 Å². The molecule has 8 heteroatoms. The van der Waals surface area contributed by atoms with Gasteiger partial charge >= 0.3 is 0 Å². The standard InChI is InChI=1S/C54H36N8/c1-5-19-35(20-6-1)49-55-50(36-21-7-2-8-22-36)58-53(57-49)42-29-15-18-32-45(42)61-44-31-17-14-28-41(44)47-46(61)34-33-40-39-27-13-16-30-43(39)62(48(40)47)54-59-51(37-23-9-3-10-24-37)56-52(60-54)38-25-11-4-12-26-38/h1-7,9-21,23-34H,8,22H2. The smallest absolute Gasteiger partial charge is 0.238 e. The van der Waals surface area contributed by atoms with E-state index in [1.165, 1.54) is 0 Å². The summed E-state index contributed by atoms with van der Waals surface area (Å²) in [6.07, 6.45) is 8.22. The fraction of sp³-hybridized carbons (Fsp3) is 0.0370. The zero-order valence-corrected chi connectivity index (χ0v) is 33.5. The van der Waals surface area contributed by atoms with Gasteiger partial charge in [-0.3, -0.25) is 4.57 Å². The molecule has 11 aromatic rings. The number of hydrogen-bond donors (Lipinski definition) is 0. The second kappa shape index (κ2) is 14.7. The van der Waals surface area contributed by atoms with Gasteiger partial charge in [-0.25, -0.2) is 19.9 Å². The Morgan fingerprint density at radius 2 is 0.919 bits per heavy atom. The number of aromatic nitrogens is 8. The Labute approximate surface area is 356 Å². The number of hydrogen-bond acceptors (Lipinski definition) is 6. The topological polar surface area (TPSA) is 87.2 Å². The molecular weight excluding hydrogens is 761 g/mol. The number of rotatable bonds is 7. The molecular formula is C54H36N8. The molecule has 0 fully saturated rings. The van der Waals surface area contributed by atoms with Gasteiger partial charge in [-0.05, 0) is 48.7 Å². The van der Waals surface area contributed by atoms with Gasteiger partial charge in [0.15, 0.2) is 29.1 Å². The molecule has 0 saturated heterocycles. The third-order valence-electron chi connectivity index (χ3n) is 11.7. The molecule has 0 aliphatic heterocycles. The summed E-state index contributed by atoms with van der Waals surface area (Å²) in [5.74, 6) is 3.72. The lowest BCUT2D eigenvalue weighted by atomic mass is 10.0. The average molecular weight is 797 g/mol. The van der Waals surface area contributed by atoms with E-state index in [2.05, 4.69) is 124 Å². The van der Waals surface area contributed by atoms with Crippen molar-refractivity contribution in [1.82, 2.24) is 39.0 Å². The molecule has 0 spiro atoms. The van der Waals surface area contributed by atoms with E-state index >= 15 is 0 Å². The average Bonchev–Trinajstić information content (AvgIpc) is 3.88. The van der Waals surface area contributed by atoms with Gasteiger partial charge in [0, 0.05) is 43.8 Å². The van der Waals surface area contributed by atoms with Crippen LogP contribution in [0.15, 0.2) is 194 Å². The highest BCUT2D eigenvalue weighted by Gasteiger charge is 2.25. The molecule has 1 aliphatic rings. The minimum absolute atomic E-state index is 0.548. The number of nitrogens with zero attached hydrogens (tertiary/aromatic N) is 8. The van der Waals surface area contributed by atoms with Crippen molar-refractivity contribution in [1.29, 1.82) is 0 Å². The van der Waals surface area contributed by atoms with Gasteiger partial charge in [-0.1, -0.05) is 164 Å². The fourth-order valence-electron chi connectivity index (χ4n) is 8.88. The molecule has 4 heterocycles. The van der Waals surface area contributed by atoms with Crippen molar-refractivity contribution in [3.63, 3.8) is 0 Å². The summed E-state index contributed by atoms with van der Waals surface area (Å²) in [5, 5.41) is 4.42. The summed E-state index contributed by atoms with van der Waals surface area (Å²) in [4.78, 5) is 31.0. The lowest BCUT2D eigenvalue weighted by Crippen LogP contribution is -2.06. The lowest BCUT2D eigenvalue weighted by molar-refractivity contribution is 0.955. The first-order valence-electron chi connectivity index (χ1n) is 20.9. The zero-order valence-electron chi connectivity index (χ0n) is 33.5. The molecule has 0 radical (unpaired) electrons. The number of fused-ring (bicyclic) bond motifs is 7. The Bertz CT molecular complexity index is 3510. The third kappa shape index (κ3) is 5.91. The van der Waals surface area contributed by atoms with Crippen LogP contribution in [0, 0.1) is 0 Å². The second-order valence-electron chi connectivity index (χ2n) is 15.4. The molecule has 0 atom stereocenters. The van der Waals surface area contributed by atoms with Crippen LogP contribution in [0.3, 0.4) is 0 Å². The van der Waals surface area contributed by atoms with E-state index in [0.29, 0.717) is 35.1 Å². The summed E-state index contributed by atoms with van der Waals surface area (Å²) in [5.41, 5.74) is 9.87. The minimum atomic E-state index is 0.548. The Kier molecular flexibility index (Phi) is 8.45. The first-order valence-corrected chi connectivity index (χ1v) is 20.9. The predicted octanol–water partition coefficient (Wildman–Crippen LogP) is 12.7. The Hall–Kier alpha value is -8.36. The van der Waals surface area contributed by atoms with Crippen molar-refractivity contribution in [3.8, 4) is 57.2 Å². The van der Waals surface area contributed by atoms with E-state index in [0.717, 1.165) is 90.0 Å². The molecule has 0 bridgehead atoms. The van der Waals surface area contributed by atoms with Gasteiger partial charge in [-0.2, -0.15) is 9.97 Å². The Balaban J connectivity index is 1.15. The largest absolute Gasteiger partial charge is 0.308 e. The van der Waals surface area contributed by atoms with Gasteiger partial charge in [0.05, 0.1) is 27.8 Å². The summed E-state index contributed by atoms with van der Waals surface area (Å²) >= 11 is 0. The molecule has 4 aromatic heterocycles. The molecule has 0 saturated carbocycles. The van der Waals surface area contributed by atoms with Crippen molar-refractivity contribution in [2.45, 2.75) is 12.8 Å². The highest BCUT2D eigenvalue weighted by Crippen LogP contribution is 2.43. The van der Waals surface area contributed by atoms with Gasteiger partial charge < -0.3 is 4.57 Å². The zero-order chi connectivity index (χ0) is 41.0. The van der Waals surface area contributed by atoms with Crippen LogP contribution in [0.5, 0.6) is 0 Å². The SMILES string of the molecule is C1=CCCC(c2nc(-c3ccccc3)nc(-c3ccccc3-n3c4ccccc4c4c3ccc3c5ccccc5n(-c5nc(-c6ccccc6)nc(-c6ccccc6)n5)c34)n2)=C1. The van der Waals surface area contributed by atoms with Crippen LogP contribution in [0.25, 0.3) is 106 Å². The van der Waals surface area contributed by atoms with Crippen LogP contribution < -0.4 is 0 Å². The van der Waals surface area contributed by atoms with E-state index in [-0.39, 0.29) is 0 Å². The molecule has 0 unspecified atom stereocenters. The maximum Gasteiger partial charge on any atom is 0.238 e. The molecule has 12 rings (SSSR count). The van der Waals surface area contributed by atoms with E-state index in [9.17, 15) is 0 Å². The van der Waals surface area contributed by atoms with Crippen LogP contribution in [0.2, 0.25) is 0 Å². The highest BCUT2D eigenvalue weighted by atomic mass is 15.2. The number of benzene rings is 7. The third-order valence-corrected chi connectivity index (χ3v) is 11.7. The Morgan fingerprint density at radius 1 is 0.387 bits per heavy atom. The van der Waals surface area contributed by atoms with Crippen molar-refractivity contribution in [3.05, 3.63) is 200 Å². The van der Waals surface area contributed by atoms with Crippen LogP contribution >= 0.6 is 0 Å². The van der Waals surface area contributed by atoms with Crippen LogP contribution in [0.4, 0.5) is 0 Å². The molecule has 1 aliphatic carbocycles. The molecule has 0 amide bonds. The summed E-state index contributed by atoms with van der Waals surface area (Å²) in [7, 11) is 0. The molecule has 62 heavy (non-hydrogen) atoms. The minimum Gasteiger partial charge on any atom is -0.308 e. The van der Waals surface area contributed by atoms with Crippen molar-refractivity contribution < 1.29 is 0 Å². The second-order valence-corrected chi connectivity index (χ2v) is 15.4. The molecule has 8 nitrogen and oxygen atoms in total. The maximum absolute atomic E-state index is 5.26. The van der Waals surface area contributed by atoms with Gasteiger partial charge in [0.2, 0.25) is 5.95 Å². The summed E-state index contributed by atoms with van der Waals surface area (Å²) < 4.78 is 4.58. The molecule has 292 valence electrons. The summed E-state index contributed by atoms with van der Waals surface area (Å²) in [6.45, 7) is 0. The first-order chi connectivity index (χ1) is 30.8. The van der Waals surface area contributed by atoms with Crippen LogP contribution in [-0.2, 0) is 0 Å². The van der Waals surface area contributed by atoms with Gasteiger partial charge in [0.1, 0.15) is 0 Å². The quantitative estimate of drug-likeness (QED) is 0.160. The Morgan fingerprint density at radius 3 is 1.58 bits per heavy atom. The van der Waals surface area contributed by atoms with E-state index in [1.807, 2.05) is 78.9 Å². The first kappa shape index (κ1) is 35.6. The normalized spacial score (nSPS) is 12.7. The number of allylic oxidation sites excluding steroid dienone is 4. The number of para-hydroxylation sites is 3. The van der Waals surface area contributed by atoms with E-state index < -0.39 is 0 Å². The molecule has 7 aromatic carbocycles. The lowest BCUT2D eigenvalue weighted by Gasteiger charge is -2.15. The maximum atomic E-state index is 5.26. The highest BCUT2D eigenvalue weighted by molar-refractivity contribution is 6.26. The summed E-state index contributed by atoms with van der Waals surface area (Å²) in [6, 6.07) is 60.5. The fourth-order valence-corrected chi connectivity index (χ4v) is 8.88. The van der Waals surface area contributed by atoms with Gasteiger partial charge in [0.25, 0.3) is 0 Å². The van der Waals surface area contributed by atoms with Crippen LogP contribution in [0.1, 0.15) is 18.7 Å². The van der Waals surface area contributed by atoms with Crippen molar-refractivity contribution in [2.75, 3.05) is 0 Å². The monoisotopic (exact) mass is 796 g/mol. The predicted molar refractivity (Wildman–Crippen MR) is 250 cm³/mol. The molecule has 0 N–H and O–H groups in total. The van der Waals surface area contributed by atoms with E-state index in [1.54, 1.807) is 0 Å². The van der Waals surface area contributed by atoms with E-state index in [4.69, 9.17) is 29.9 Å². The van der Waals surface area contributed by atoms with Gasteiger partial charge in [-0.15, -0.1) is 0 Å².